The van der Waals surface area contributed by atoms with Crippen molar-refractivity contribution < 1.29 is 4.79 Å². The molecule has 0 bridgehead atoms. The summed E-state index contributed by atoms with van der Waals surface area (Å²) in [6.45, 7) is 4.48. The van der Waals surface area contributed by atoms with Crippen LogP contribution in [0.5, 0.6) is 0 Å². The van der Waals surface area contributed by atoms with Crippen molar-refractivity contribution in [2.75, 3.05) is 11.4 Å². The molecule has 0 radical (unpaired) electrons. The standard InChI is InChI=1S/C18H17N3OS/c1-3-21(15-7-5-4-6-8-15)18(22)16-13(2)20-17(23-16)14-9-11-19-12-10-14/h4-12H,3H2,1-2H3. The molecule has 3 aromatic rings. The quantitative estimate of drug-likeness (QED) is 0.723. The number of pyridine rings is 1. The molecule has 2 heterocycles. The van der Waals surface area contributed by atoms with Gasteiger partial charge in [0.05, 0.1) is 5.69 Å². The maximum absolute atomic E-state index is 12.9. The maximum atomic E-state index is 12.9. The number of benzene rings is 1. The van der Waals surface area contributed by atoms with Crippen LogP contribution in [0.15, 0.2) is 54.9 Å². The van der Waals surface area contributed by atoms with Crippen LogP contribution in [-0.2, 0) is 0 Å². The smallest absolute Gasteiger partial charge is 0.270 e. The third kappa shape index (κ3) is 3.14. The number of rotatable bonds is 4. The van der Waals surface area contributed by atoms with Crippen molar-refractivity contribution in [2.45, 2.75) is 13.8 Å². The largest absolute Gasteiger partial charge is 0.308 e. The first kappa shape index (κ1) is 15.4. The van der Waals surface area contributed by atoms with Crippen LogP contribution in [0, 0.1) is 6.92 Å². The van der Waals surface area contributed by atoms with Crippen molar-refractivity contribution in [1.82, 2.24) is 9.97 Å². The molecule has 0 N–H and O–H groups in total. The zero-order chi connectivity index (χ0) is 16.2. The molecule has 0 fully saturated rings. The molecule has 0 unspecified atom stereocenters. The van der Waals surface area contributed by atoms with E-state index in [9.17, 15) is 4.79 Å². The van der Waals surface area contributed by atoms with Gasteiger partial charge in [-0.15, -0.1) is 11.3 Å². The van der Waals surface area contributed by atoms with Crippen LogP contribution < -0.4 is 4.90 Å². The first-order valence-corrected chi connectivity index (χ1v) is 8.27. The molecule has 0 aliphatic carbocycles. The van der Waals surface area contributed by atoms with Gasteiger partial charge in [0.1, 0.15) is 9.88 Å². The van der Waals surface area contributed by atoms with Crippen LogP contribution in [-0.4, -0.2) is 22.4 Å². The molecule has 4 nitrogen and oxygen atoms in total. The van der Waals surface area contributed by atoms with Gasteiger partial charge in [0.15, 0.2) is 0 Å². The number of hydrogen-bond donors (Lipinski definition) is 0. The molecule has 116 valence electrons. The molecule has 1 aromatic carbocycles. The van der Waals surface area contributed by atoms with Gasteiger partial charge in [-0.05, 0) is 38.1 Å². The summed E-state index contributed by atoms with van der Waals surface area (Å²) in [6, 6.07) is 13.5. The Labute approximate surface area is 139 Å². The van der Waals surface area contributed by atoms with E-state index in [1.165, 1.54) is 11.3 Å². The SMILES string of the molecule is CCN(C(=O)c1sc(-c2ccncc2)nc1C)c1ccccc1. The molecular weight excluding hydrogens is 306 g/mol. The highest BCUT2D eigenvalue weighted by atomic mass is 32.1. The van der Waals surface area contributed by atoms with Crippen LogP contribution in [0.3, 0.4) is 0 Å². The molecule has 0 saturated carbocycles. The Morgan fingerprint density at radius 3 is 2.48 bits per heavy atom. The lowest BCUT2D eigenvalue weighted by Crippen LogP contribution is -2.30. The summed E-state index contributed by atoms with van der Waals surface area (Å²) < 4.78 is 0. The molecule has 0 saturated heterocycles. The van der Waals surface area contributed by atoms with Gasteiger partial charge in [0.25, 0.3) is 5.91 Å². The minimum Gasteiger partial charge on any atom is -0.308 e. The second-order valence-electron chi connectivity index (χ2n) is 5.05. The Kier molecular flexibility index (Phi) is 4.48. The van der Waals surface area contributed by atoms with Gasteiger partial charge in [-0.3, -0.25) is 9.78 Å². The Morgan fingerprint density at radius 2 is 1.83 bits per heavy atom. The Balaban J connectivity index is 1.95. The molecule has 0 spiro atoms. The predicted octanol–water partition coefficient (Wildman–Crippen LogP) is 4.18. The summed E-state index contributed by atoms with van der Waals surface area (Å²) in [6.07, 6.45) is 3.46. The molecule has 0 atom stereocenters. The first-order valence-electron chi connectivity index (χ1n) is 7.45. The van der Waals surface area contributed by atoms with Crippen LogP contribution >= 0.6 is 11.3 Å². The number of para-hydroxylation sites is 1. The Hall–Kier alpha value is -2.53. The number of aryl methyl sites for hydroxylation is 1. The average molecular weight is 323 g/mol. The van der Waals surface area contributed by atoms with Crippen molar-refractivity contribution in [3.63, 3.8) is 0 Å². The average Bonchev–Trinajstić information content (AvgIpc) is 2.99. The number of nitrogens with zero attached hydrogens (tertiary/aromatic N) is 3. The fourth-order valence-electron chi connectivity index (χ4n) is 2.39. The second-order valence-corrected chi connectivity index (χ2v) is 6.05. The van der Waals surface area contributed by atoms with Crippen LogP contribution in [0.4, 0.5) is 5.69 Å². The third-order valence-electron chi connectivity index (χ3n) is 3.55. The summed E-state index contributed by atoms with van der Waals surface area (Å²) in [7, 11) is 0. The van der Waals surface area contributed by atoms with E-state index in [2.05, 4.69) is 9.97 Å². The summed E-state index contributed by atoms with van der Waals surface area (Å²) in [5.74, 6) is -0.00555. The zero-order valence-corrected chi connectivity index (χ0v) is 13.9. The Bertz CT molecular complexity index is 800. The number of thiazole rings is 1. The molecule has 0 aliphatic rings. The van der Waals surface area contributed by atoms with Crippen molar-refractivity contribution in [3.8, 4) is 10.6 Å². The van der Waals surface area contributed by atoms with E-state index in [0.717, 1.165) is 22.0 Å². The molecule has 23 heavy (non-hydrogen) atoms. The van der Waals surface area contributed by atoms with E-state index in [1.54, 1.807) is 17.3 Å². The maximum Gasteiger partial charge on any atom is 0.270 e. The van der Waals surface area contributed by atoms with E-state index in [-0.39, 0.29) is 5.91 Å². The van der Waals surface area contributed by atoms with Crippen molar-refractivity contribution in [1.29, 1.82) is 0 Å². The van der Waals surface area contributed by atoms with Crippen molar-refractivity contribution in [3.05, 3.63) is 65.4 Å². The fourth-order valence-corrected chi connectivity index (χ4v) is 3.41. The van der Waals surface area contributed by atoms with Gasteiger partial charge in [-0.2, -0.15) is 0 Å². The molecule has 0 aliphatic heterocycles. The highest BCUT2D eigenvalue weighted by Crippen LogP contribution is 2.29. The van der Waals surface area contributed by atoms with Gasteiger partial charge >= 0.3 is 0 Å². The van der Waals surface area contributed by atoms with E-state index in [4.69, 9.17) is 0 Å². The lowest BCUT2D eigenvalue weighted by atomic mass is 10.2. The van der Waals surface area contributed by atoms with Crippen LogP contribution in [0.1, 0.15) is 22.3 Å². The molecule has 1 amide bonds. The normalized spacial score (nSPS) is 10.5. The number of carbonyl (C=O) groups is 1. The van der Waals surface area contributed by atoms with Crippen molar-refractivity contribution in [2.24, 2.45) is 0 Å². The van der Waals surface area contributed by atoms with E-state index >= 15 is 0 Å². The lowest BCUT2D eigenvalue weighted by Gasteiger charge is -2.20. The second kappa shape index (κ2) is 6.71. The number of hydrogen-bond acceptors (Lipinski definition) is 4. The van der Waals surface area contributed by atoms with Gasteiger partial charge in [0, 0.05) is 30.2 Å². The number of anilines is 1. The minimum atomic E-state index is -0.00555. The Morgan fingerprint density at radius 1 is 1.13 bits per heavy atom. The topological polar surface area (TPSA) is 46.1 Å². The van der Waals surface area contributed by atoms with E-state index < -0.39 is 0 Å². The molecular formula is C18H17N3OS. The van der Waals surface area contributed by atoms with Gasteiger partial charge < -0.3 is 4.90 Å². The molecule has 2 aromatic heterocycles. The number of amides is 1. The molecule has 3 rings (SSSR count). The number of aromatic nitrogens is 2. The lowest BCUT2D eigenvalue weighted by molar-refractivity contribution is 0.0991. The van der Waals surface area contributed by atoms with Crippen LogP contribution in [0.25, 0.3) is 10.6 Å². The van der Waals surface area contributed by atoms with E-state index in [1.807, 2.05) is 56.3 Å². The fraction of sp³-hybridized carbons (Fsp3) is 0.167. The highest BCUT2D eigenvalue weighted by Gasteiger charge is 2.22. The summed E-state index contributed by atoms with van der Waals surface area (Å²) in [4.78, 5) is 24.0. The van der Waals surface area contributed by atoms with E-state index in [0.29, 0.717) is 11.4 Å². The first-order chi connectivity index (χ1) is 11.2. The minimum absolute atomic E-state index is 0.00555. The van der Waals surface area contributed by atoms with Crippen LogP contribution in [0.2, 0.25) is 0 Å². The monoisotopic (exact) mass is 323 g/mol. The molecule has 5 heteroatoms. The third-order valence-corrected chi connectivity index (χ3v) is 4.74. The summed E-state index contributed by atoms with van der Waals surface area (Å²) >= 11 is 1.43. The summed E-state index contributed by atoms with van der Waals surface area (Å²) in [5.41, 5.74) is 2.65. The summed E-state index contributed by atoms with van der Waals surface area (Å²) in [5, 5.41) is 0.845. The van der Waals surface area contributed by atoms with Crippen molar-refractivity contribution >= 4 is 22.9 Å². The highest BCUT2D eigenvalue weighted by molar-refractivity contribution is 7.17. The van der Waals surface area contributed by atoms with Gasteiger partial charge in [-0.1, -0.05) is 18.2 Å². The predicted molar refractivity (Wildman–Crippen MR) is 93.9 cm³/mol. The number of carbonyl (C=O) groups excluding carboxylic acids is 1. The zero-order valence-electron chi connectivity index (χ0n) is 13.1. The van der Waals surface area contributed by atoms with Gasteiger partial charge in [-0.25, -0.2) is 4.98 Å². The van der Waals surface area contributed by atoms with Gasteiger partial charge in [0.2, 0.25) is 0 Å².